The Hall–Kier alpha value is -2.37. The van der Waals surface area contributed by atoms with Crippen LogP contribution < -0.4 is 4.74 Å². The second-order valence-electron chi connectivity index (χ2n) is 4.22. The van der Waals surface area contributed by atoms with E-state index < -0.39 is 0 Å². The van der Waals surface area contributed by atoms with Gasteiger partial charge in [0, 0.05) is 14.1 Å². The minimum atomic E-state index is -0.114. The number of hydrogen-bond acceptors (Lipinski definition) is 5. The van der Waals surface area contributed by atoms with E-state index in [1.807, 2.05) is 18.2 Å². The molecule has 19 heavy (non-hydrogen) atoms. The van der Waals surface area contributed by atoms with Gasteiger partial charge in [0.05, 0.1) is 5.56 Å². The minimum absolute atomic E-state index is 0.0306. The van der Waals surface area contributed by atoms with Crippen molar-refractivity contribution >= 4 is 5.91 Å². The van der Waals surface area contributed by atoms with Gasteiger partial charge in [-0.2, -0.15) is 4.98 Å². The topological polar surface area (TPSA) is 68.5 Å². The smallest absolute Gasteiger partial charge is 0.261 e. The molecule has 2 aromatic rings. The summed E-state index contributed by atoms with van der Waals surface area (Å²) in [7, 11) is 3.36. The number of aryl methyl sites for hydroxylation is 1. The summed E-state index contributed by atoms with van der Waals surface area (Å²) < 4.78 is 10.6. The van der Waals surface area contributed by atoms with Gasteiger partial charge in [-0.05, 0) is 19.1 Å². The predicted molar refractivity (Wildman–Crippen MR) is 68.7 cm³/mol. The molecule has 0 aliphatic carbocycles. The Morgan fingerprint density at radius 3 is 2.74 bits per heavy atom. The quantitative estimate of drug-likeness (QED) is 0.834. The van der Waals surface area contributed by atoms with Crippen LogP contribution in [0.2, 0.25) is 0 Å². The second-order valence-corrected chi connectivity index (χ2v) is 4.22. The first-order valence-corrected chi connectivity index (χ1v) is 5.80. The van der Waals surface area contributed by atoms with Gasteiger partial charge < -0.3 is 14.2 Å². The molecule has 0 bridgehead atoms. The summed E-state index contributed by atoms with van der Waals surface area (Å²) in [5.41, 5.74) is 0.676. The van der Waals surface area contributed by atoms with E-state index in [1.165, 1.54) is 4.90 Å². The third-order valence-electron chi connectivity index (χ3n) is 2.49. The van der Waals surface area contributed by atoms with Gasteiger partial charge in [-0.25, -0.2) is 0 Å². The highest BCUT2D eigenvalue weighted by atomic mass is 16.5. The minimum Gasteiger partial charge on any atom is -0.483 e. The summed E-state index contributed by atoms with van der Waals surface area (Å²) in [6.07, 6.45) is 0. The van der Waals surface area contributed by atoms with Crippen LogP contribution in [0.15, 0.2) is 28.8 Å². The third-order valence-corrected chi connectivity index (χ3v) is 2.49. The third kappa shape index (κ3) is 3.09. The number of amides is 1. The fourth-order valence-electron chi connectivity index (χ4n) is 1.44. The van der Waals surface area contributed by atoms with Gasteiger partial charge in [0.25, 0.3) is 11.8 Å². The van der Waals surface area contributed by atoms with Crippen molar-refractivity contribution in [1.29, 1.82) is 0 Å². The summed E-state index contributed by atoms with van der Waals surface area (Å²) in [6, 6.07) is 7.23. The summed E-state index contributed by atoms with van der Waals surface area (Å²) in [5.74, 6) is 1.36. The number of aromatic nitrogens is 2. The number of likely N-dealkylation sites (N-methyl/N-ethyl adjacent to an activating group) is 1. The van der Waals surface area contributed by atoms with Crippen molar-refractivity contribution in [1.82, 2.24) is 15.0 Å². The average Bonchev–Trinajstić information content (AvgIpc) is 2.82. The molecule has 1 heterocycles. The Kier molecular flexibility index (Phi) is 3.79. The first-order valence-electron chi connectivity index (χ1n) is 5.80. The van der Waals surface area contributed by atoms with Gasteiger partial charge in [0.15, 0.2) is 12.4 Å². The lowest BCUT2D eigenvalue weighted by molar-refractivity contribution is -0.130. The molecule has 2 rings (SSSR count). The average molecular weight is 261 g/mol. The standard InChI is InChI=1S/C13H15N3O3/c1-9-14-13(19-15-9)10-6-4-5-7-11(10)18-8-12(17)16(2)3/h4-7H,8H2,1-3H3. The lowest BCUT2D eigenvalue weighted by Gasteiger charge is -2.12. The molecule has 0 N–H and O–H groups in total. The van der Waals surface area contributed by atoms with Gasteiger partial charge >= 0.3 is 0 Å². The highest BCUT2D eigenvalue weighted by Gasteiger charge is 2.13. The molecule has 0 saturated carbocycles. The summed E-state index contributed by atoms with van der Waals surface area (Å²) in [5, 5.41) is 3.74. The van der Waals surface area contributed by atoms with E-state index in [-0.39, 0.29) is 12.5 Å². The number of benzene rings is 1. The number of rotatable bonds is 4. The molecule has 100 valence electrons. The van der Waals surface area contributed by atoms with Crippen molar-refractivity contribution < 1.29 is 14.1 Å². The number of hydrogen-bond donors (Lipinski definition) is 0. The zero-order valence-corrected chi connectivity index (χ0v) is 11.1. The van der Waals surface area contributed by atoms with Gasteiger partial charge in [-0.15, -0.1) is 0 Å². The van der Waals surface area contributed by atoms with Crippen molar-refractivity contribution in [2.45, 2.75) is 6.92 Å². The molecule has 0 radical (unpaired) electrons. The van der Waals surface area contributed by atoms with Crippen LogP contribution in [0.1, 0.15) is 5.82 Å². The molecule has 1 amide bonds. The maximum absolute atomic E-state index is 11.5. The molecule has 0 spiro atoms. The molecule has 6 heteroatoms. The van der Waals surface area contributed by atoms with Crippen LogP contribution >= 0.6 is 0 Å². The van der Waals surface area contributed by atoms with Gasteiger partial charge in [-0.3, -0.25) is 4.79 Å². The molecule has 0 unspecified atom stereocenters. The largest absolute Gasteiger partial charge is 0.483 e. The van der Waals surface area contributed by atoms with Crippen LogP contribution in [-0.4, -0.2) is 41.6 Å². The lowest BCUT2D eigenvalue weighted by atomic mass is 10.2. The van der Waals surface area contributed by atoms with Crippen LogP contribution in [0, 0.1) is 6.92 Å². The zero-order chi connectivity index (χ0) is 13.8. The van der Waals surface area contributed by atoms with Crippen molar-refractivity contribution in [3.63, 3.8) is 0 Å². The van der Waals surface area contributed by atoms with Gasteiger partial charge in [0.1, 0.15) is 5.75 Å². The molecule has 1 aromatic carbocycles. The normalized spacial score (nSPS) is 10.3. The Morgan fingerprint density at radius 1 is 1.37 bits per heavy atom. The first kappa shape index (κ1) is 13.1. The van der Waals surface area contributed by atoms with E-state index >= 15 is 0 Å². The van der Waals surface area contributed by atoms with Crippen molar-refractivity contribution in [3.05, 3.63) is 30.1 Å². The second kappa shape index (κ2) is 5.51. The lowest BCUT2D eigenvalue weighted by Crippen LogP contribution is -2.27. The van der Waals surface area contributed by atoms with E-state index in [4.69, 9.17) is 9.26 Å². The highest BCUT2D eigenvalue weighted by molar-refractivity contribution is 5.77. The van der Waals surface area contributed by atoms with Gasteiger partial charge in [-0.1, -0.05) is 17.3 Å². The van der Waals surface area contributed by atoms with E-state index in [0.29, 0.717) is 23.0 Å². The summed E-state index contributed by atoms with van der Waals surface area (Å²) in [4.78, 5) is 17.1. The first-order chi connectivity index (χ1) is 9.08. The number of carbonyl (C=O) groups is 1. The molecule has 0 atom stereocenters. The van der Waals surface area contributed by atoms with Crippen LogP contribution in [0.3, 0.4) is 0 Å². The number of carbonyl (C=O) groups excluding carboxylic acids is 1. The molecular formula is C13H15N3O3. The molecule has 0 aliphatic rings. The Bertz CT molecular complexity index is 578. The summed E-state index contributed by atoms with van der Waals surface area (Å²) >= 11 is 0. The van der Waals surface area contributed by atoms with Crippen molar-refractivity contribution in [3.8, 4) is 17.2 Å². The van der Waals surface area contributed by atoms with Crippen LogP contribution in [-0.2, 0) is 4.79 Å². The summed E-state index contributed by atoms with van der Waals surface area (Å²) in [6.45, 7) is 1.71. The Morgan fingerprint density at radius 2 is 2.11 bits per heavy atom. The number of para-hydroxylation sites is 1. The SMILES string of the molecule is Cc1noc(-c2ccccc2OCC(=O)N(C)C)n1. The Balaban J connectivity index is 2.20. The van der Waals surface area contributed by atoms with E-state index in [1.54, 1.807) is 27.1 Å². The molecular weight excluding hydrogens is 246 g/mol. The van der Waals surface area contributed by atoms with Crippen LogP contribution in [0.5, 0.6) is 5.75 Å². The van der Waals surface area contributed by atoms with Crippen LogP contribution in [0.25, 0.3) is 11.5 Å². The van der Waals surface area contributed by atoms with E-state index in [2.05, 4.69) is 10.1 Å². The van der Waals surface area contributed by atoms with Crippen LogP contribution in [0.4, 0.5) is 0 Å². The molecule has 0 saturated heterocycles. The fourth-order valence-corrected chi connectivity index (χ4v) is 1.44. The van der Waals surface area contributed by atoms with Gasteiger partial charge in [0.2, 0.25) is 0 Å². The molecule has 6 nitrogen and oxygen atoms in total. The maximum Gasteiger partial charge on any atom is 0.261 e. The molecule has 1 aromatic heterocycles. The Labute approximate surface area is 111 Å². The monoisotopic (exact) mass is 261 g/mol. The number of nitrogens with zero attached hydrogens (tertiary/aromatic N) is 3. The highest BCUT2D eigenvalue weighted by Crippen LogP contribution is 2.28. The van der Waals surface area contributed by atoms with Crippen molar-refractivity contribution in [2.24, 2.45) is 0 Å². The molecule has 0 aliphatic heterocycles. The molecule has 0 fully saturated rings. The fraction of sp³-hybridized carbons (Fsp3) is 0.308. The van der Waals surface area contributed by atoms with E-state index in [9.17, 15) is 4.79 Å². The zero-order valence-electron chi connectivity index (χ0n) is 11.1. The predicted octanol–water partition coefficient (Wildman–Crippen LogP) is 1.51. The number of ether oxygens (including phenoxy) is 1. The van der Waals surface area contributed by atoms with Crippen molar-refractivity contribution in [2.75, 3.05) is 20.7 Å². The van der Waals surface area contributed by atoms with E-state index in [0.717, 1.165) is 0 Å². The maximum atomic E-state index is 11.5.